The van der Waals surface area contributed by atoms with Crippen molar-refractivity contribution < 1.29 is 115 Å². The second-order valence-corrected chi connectivity index (χ2v) is 31.5. The molecule has 0 spiro atoms. The summed E-state index contributed by atoms with van der Waals surface area (Å²) in [6, 6.07) is 20.5. The Hall–Kier alpha value is -5.67. The Morgan fingerprint density at radius 1 is 0.317 bits per heavy atom. The first-order valence-corrected chi connectivity index (χ1v) is 40.2. The Kier molecular flexibility index (Phi) is 43.3. The number of hydrogen-bond acceptors (Lipinski definition) is 27. The van der Waals surface area contributed by atoms with Gasteiger partial charge in [-0.15, -0.1) is 37.2 Å². The van der Waals surface area contributed by atoms with Gasteiger partial charge in [0.25, 0.3) is 0 Å². The Morgan fingerprint density at radius 2 is 0.467 bits per heavy atom. The van der Waals surface area contributed by atoms with Gasteiger partial charge in [0.05, 0.1) is 76.3 Å². The average Bonchev–Trinajstić information content (AvgIpc) is 1.66. The molecule has 0 aromatic heterocycles. The molecule has 6 atom stereocenters. The molecule has 0 bridgehead atoms. The standard InChI is InChI=1S/3C15H21BClNO5.3C10H13BClNO3.3ClH/c3*1-5-21-10-7-6-9(17)12-11(23-16(20)13(10)12)8-18-14(19)22-15(2,3)4;3*1-2-15-7-4-3-6(12)9-8(5-13)16-11(14)10(7)9;;;/h3*6-7,11,20H,5,8H2,1-4H3,(H,18,19);3*3-4,8,14H,2,5,13H2,1H3;3*1H/t2*11-;;2*8-;;;;/m10.10..../s1. The molecule has 0 fully saturated rings. The first-order valence-electron chi connectivity index (χ1n) is 38.0. The van der Waals surface area contributed by atoms with E-state index >= 15 is 0 Å². The molecule has 6 aliphatic rings. The fourth-order valence-electron chi connectivity index (χ4n) is 12.9. The highest BCUT2D eigenvalue weighted by Gasteiger charge is 2.46. The molecule has 6 aromatic rings. The van der Waals surface area contributed by atoms with Crippen molar-refractivity contribution in [1.82, 2.24) is 16.0 Å². The van der Waals surface area contributed by atoms with Crippen LogP contribution in [0.3, 0.4) is 0 Å². The van der Waals surface area contributed by atoms with Crippen LogP contribution in [-0.2, 0) is 42.1 Å². The molecule has 0 radical (unpaired) electrons. The second kappa shape index (κ2) is 48.7. The minimum absolute atomic E-state index is 0. The van der Waals surface area contributed by atoms with Crippen molar-refractivity contribution in [3.8, 4) is 34.5 Å². The van der Waals surface area contributed by atoms with Gasteiger partial charge >= 0.3 is 61.0 Å². The number of halogens is 9. The SMILES string of the molecule is CCOc1ccc(Cl)c2c1B(O)OC2CN.CCOc1ccc(Cl)c2c1B(O)OC2CNC(=O)OC(C)(C)C.CCOc1ccc(Cl)c2c1B(O)O[C@@H]2CN.CCOc1ccc(Cl)c2c1B(O)O[C@@H]2CNC(=O)OC(C)(C)C.CCOc1ccc(Cl)c2c1B(O)O[C@H]2CN.CCOc1ccc(Cl)c2c1B(O)O[C@H]2CNC(=O)OC(C)(C)C.Cl.Cl.Cl. The Morgan fingerprint density at radius 3 is 0.608 bits per heavy atom. The third kappa shape index (κ3) is 28.2. The Bertz CT molecular complexity index is 3940. The number of carbonyl (C=O) groups is 3. The van der Waals surface area contributed by atoms with Gasteiger partial charge in [-0.05, 0) is 177 Å². The Balaban J connectivity index is 0.000000303. The third-order valence-corrected chi connectivity index (χ3v) is 19.2. The summed E-state index contributed by atoms with van der Waals surface area (Å²) in [6.07, 6.45) is -4.46. The molecule has 6 aromatic carbocycles. The molecule has 6 aliphatic heterocycles. The van der Waals surface area contributed by atoms with E-state index in [4.69, 9.17) is 157 Å². The highest BCUT2D eigenvalue weighted by atomic mass is 35.5. The maximum Gasteiger partial charge on any atom is 0.495 e. The highest BCUT2D eigenvalue weighted by Crippen LogP contribution is 2.40. The molecule has 0 saturated carbocycles. The van der Waals surface area contributed by atoms with Crippen LogP contribution in [0.5, 0.6) is 34.5 Å². The van der Waals surface area contributed by atoms with Gasteiger partial charge in [0.15, 0.2) is 0 Å². The number of alkyl carbamates (subject to hydrolysis) is 3. The van der Waals surface area contributed by atoms with Crippen LogP contribution in [0.15, 0.2) is 72.8 Å². The van der Waals surface area contributed by atoms with E-state index in [0.717, 1.165) is 16.7 Å². The molecule has 0 saturated heterocycles. The van der Waals surface area contributed by atoms with Crippen molar-refractivity contribution in [3.63, 3.8) is 0 Å². The molecule has 2 unspecified atom stereocenters. The topological polar surface area (TPSA) is 425 Å². The molecule has 6 heterocycles. The van der Waals surface area contributed by atoms with Crippen LogP contribution in [0.4, 0.5) is 14.4 Å². The predicted molar refractivity (Wildman–Crippen MR) is 476 cm³/mol. The molecule has 660 valence electrons. The van der Waals surface area contributed by atoms with Gasteiger partial charge < -0.3 is 134 Å². The number of nitrogens with two attached hydrogens (primary N) is 3. The van der Waals surface area contributed by atoms with Gasteiger partial charge in [-0.25, -0.2) is 14.4 Å². The fraction of sp³-hybridized carbons (Fsp3) is 0.480. The molecule has 12 rings (SSSR count). The van der Waals surface area contributed by atoms with E-state index in [1.165, 1.54) is 0 Å². The highest BCUT2D eigenvalue weighted by molar-refractivity contribution is 6.66. The van der Waals surface area contributed by atoms with E-state index in [9.17, 15) is 44.5 Å². The van der Waals surface area contributed by atoms with Crippen LogP contribution in [0.2, 0.25) is 30.1 Å². The molecule has 0 aliphatic carbocycles. The summed E-state index contributed by atoms with van der Waals surface area (Å²) in [5.74, 6) is 3.39. The number of amides is 3. The zero-order chi connectivity index (χ0) is 86.7. The largest absolute Gasteiger partial charge is 0.495 e. The van der Waals surface area contributed by atoms with Gasteiger partial charge in [-0.3, -0.25) is 0 Å². The zero-order valence-electron chi connectivity index (χ0n) is 69.1. The first-order chi connectivity index (χ1) is 55.2. The predicted octanol–water partition coefficient (Wildman–Crippen LogP) is 8.70. The van der Waals surface area contributed by atoms with Gasteiger partial charge in [-0.1, -0.05) is 69.6 Å². The van der Waals surface area contributed by atoms with E-state index in [0.29, 0.717) is 154 Å². The molecular formula is C75H105B6Cl9N6O24. The van der Waals surface area contributed by atoms with Crippen molar-refractivity contribution in [2.75, 3.05) is 78.9 Å². The third-order valence-electron chi connectivity index (χ3n) is 17.3. The molecule has 15 N–H and O–H groups in total. The van der Waals surface area contributed by atoms with Crippen molar-refractivity contribution >= 4 is 201 Å². The van der Waals surface area contributed by atoms with Crippen molar-refractivity contribution in [3.05, 3.63) is 136 Å². The summed E-state index contributed by atoms with van der Waals surface area (Å²) in [5.41, 5.74) is 22.4. The average molecular weight is 1860 g/mol. The molecule has 120 heavy (non-hydrogen) atoms. The van der Waals surface area contributed by atoms with Gasteiger partial charge in [0.1, 0.15) is 51.3 Å². The van der Waals surface area contributed by atoms with Crippen LogP contribution in [-0.4, -0.2) is 187 Å². The normalized spacial score (nSPS) is 17.2. The molecule has 45 heteroatoms. The molecule has 30 nitrogen and oxygen atoms in total. The number of nitrogens with one attached hydrogen (secondary N) is 3. The molecular weight excluding hydrogens is 1750 g/mol. The minimum atomic E-state index is -1.14. The number of benzene rings is 6. The van der Waals surface area contributed by atoms with Gasteiger partial charge in [0, 0.05) is 136 Å². The number of ether oxygens (including phenoxy) is 9. The minimum Gasteiger partial charge on any atom is -0.494 e. The number of hydrogen-bond donors (Lipinski definition) is 12. The van der Waals surface area contributed by atoms with E-state index < -0.39 is 96.1 Å². The van der Waals surface area contributed by atoms with Crippen molar-refractivity contribution in [2.45, 2.75) is 157 Å². The number of carbonyl (C=O) groups excluding carboxylic acids is 3. The lowest BCUT2D eigenvalue weighted by Gasteiger charge is -2.21. The quantitative estimate of drug-likeness (QED) is 0.0237. The van der Waals surface area contributed by atoms with Crippen molar-refractivity contribution in [1.29, 1.82) is 0 Å². The maximum atomic E-state index is 11.8. The maximum absolute atomic E-state index is 11.8. The van der Waals surface area contributed by atoms with Gasteiger partial charge in [-0.2, -0.15) is 0 Å². The number of rotatable bonds is 21. The lowest BCUT2D eigenvalue weighted by Crippen LogP contribution is -2.35. The van der Waals surface area contributed by atoms with Crippen LogP contribution in [0, 0.1) is 0 Å². The summed E-state index contributed by atoms with van der Waals surface area (Å²) >= 11 is 36.9. The van der Waals surface area contributed by atoms with Crippen molar-refractivity contribution in [2.24, 2.45) is 17.2 Å². The van der Waals surface area contributed by atoms with Crippen LogP contribution >= 0.6 is 107 Å². The summed E-state index contributed by atoms with van der Waals surface area (Å²) < 4.78 is 80.8. The van der Waals surface area contributed by atoms with Crippen LogP contribution in [0.1, 0.15) is 174 Å². The summed E-state index contributed by atoms with van der Waals surface area (Å²) in [4.78, 5) is 35.3. The zero-order valence-corrected chi connectivity index (χ0v) is 76.1. The fourth-order valence-corrected chi connectivity index (χ4v) is 14.6. The second-order valence-electron chi connectivity index (χ2n) is 29.1. The summed E-state index contributed by atoms with van der Waals surface area (Å²) in [7, 11) is -6.46. The Labute approximate surface area is 750 Å². The lowest BCUT2D eigenvalue weighted by molar-refractivity contribution is 0.0489. The van der Waals surface area contributed by atoms with E-state index in [-0.39, 0.29) is 94.8 Å². The van der Waals surface area contributed by atoms with Crippen LogP contribution in [0.25, 0.3) is 0 Å². The first kappa shape index (κ1) is 107. The van der Waals surface area contributed by atoms with E-state index in [1.54, 1.807) is 135 Å². The smallest absolute Gasteiger partial charge is 0.494 e. The lowest BCUT2D eigenvalue weighted by atomic mass is 9.78. The monoisotopic (exact) mass is 1850 g/mol. The summed E-state index contributed by atoms with van der Waals surface area (Å²) in [5, 5.41) is 70.7. The number of fused-ring (bicyclic) bond motifs is 6. The summed E-state index contributed by atoms with van der Waals surface area (Å²) in [6.45, 7) is 31.4. The van der Waals surface area contributed by atoms with Crippen LogP contribution < -0.4 is 94.3 Å². The molecule has 3 amide bonds. The van der Waals surface area contributed by atoms with E-state index in [1.807, 2.05) is 41.5 Å². The van der Waals surface area contributed by atoms with Gasteiger partial charge in [0.2, 0.25) is 0 Å². The van der Waals surface area contributed by atoms with E-state index in [2.05, 4.69) is 16.0 Å².